The van der Waals surface area contributed by atoms with Crippen LogP contribution in [0, 0.1) is 10.1 Å². The van der Waals surface area contributed by atoms with E-state index in [1.54, 1.807) is 0 Å². The van der Waals surface area contributed by atoms with Gasteiger partial charge >= 0.3 is 0 Å². The molecule has 0 saturated carbocycles. The van der Waals surface area contributed by atoms with Gasteiger partial charge in [-0.2, -0.15) is 0 Å². The molecule has 4 nitrogen and oxygen atoms in total. The predicted octanol–water partition coefficient (Wildman–Crippen LogP) is 1.61. The van der Waals surface area contributed by atoms with E-state index in [-0.39, 0.29) is 11.5 Å². The zero-order valence-corrected chi connectivity index (χ0v) is 5.54. The van der Waals surface area contributed by atoms with Gasteiger partial charge in [0.15, 0.2) is 5.76 Å². The molecule has 1 aliphatic carbocycles. The van der Waals surface area contributed by atoms with Crippen LogP contribution < -0.4 is 0 Å². The van der Waals surface area contributed by atoms with Crippen molar-refractivity contribution in [3.63, 3.8) is 0 Å². The summed E-state index contributed by atoms with van der Waals surface area (Å²) in [5, 5.41) is 19.1. The van der Waals surface area contributed by atoms with Gasteiger partial charge in [0.2, 0.25) is 0 Å². The van der Waals surface area contributed by atoms with E-state index in [1.807, 2.05) is 0 Å². The Morgan fingerprint density at radius 3 is 2.40 bits per heavy atom. The number of aliphatic hydroxyl groups excluding tert-OH is 1. The third kappa shape index (κ3) is 1.26. The molecular formula is C6H9NO3. The summed E-state index contributed by atoms with van der Waals surface area (Å²) < 4.78 is 0. The van der Waals surface area contributed by atoms with Gasteiger partial charge in [-0.25, -0.2) is 0 Å². The summed E-state index contributed by atoms with van der Waals surface area (Å²) >= 11 is 0. The molecule has 0 radical (unpaired) electrons. The Morgan fingerprint density at radius 1 is 1.40 bits per heavy atom. The summed E-state index contributed by atoms with van der Waals surface area (Å²) in [4.78, 5) is 9.66. The molecule has 0 aliphatic heterocycles. The van der Waals surface area contributed by atoms with Crippen LogP contribution >= 0.6 is 0 Å². The molecule has 0 aromatic heterocycles. The molecule has 0 aromatic carbocycles. The lowest BCUT2D eigenvalue weighted by atomic mass is 10.0. The van der Waals surface area contributed by atoms with E-state index in [0.29, 0.717) is 12.8 Å². The second-order valence-electron chi connectivity index (χ2n) is 2.36. The molecule has 1 N–H and O–H groups in total. The fraction of sp³-hybridized carbons (Fsp3) is 0.667. The Bertz CT molecular complexity index is 185. The van der Waals surface area contributed by atoms with Gasteiger partial charge in [-0.1, -0.05) is 0 Å². The first-order valence-electron chi connectivity index (χ1n) is 3.27. The molecule has 0 heterocycles. The molecule has 0 saturated heterocycles. The highest BCUT2D eigenvalue weighted by molar-refractivity contribution is 5.02. The van der Waals surface area contributed by atoms with Crippen molar-refractivity contribution < 1.29 is 10.0 Å². The first kappa shape index (κ1) is 7.05. The van der Waals surface area contributed by atoms with Crippen LogP contribution in [0.1, 0.15) is 25.7 Å². The Labute approximate surface area is 58.3 Å². The maximum absolute atomic E-state index is 10.2. The summed E-state index contributed by atoms with van der Waals surface area (Å²) in [5.74, 6) is -0.0312. The van der Waals surface area contributed by atoms with Crippen molar-refractivity contribution in [1.82, 2.24) is 0 Å². The number of aliphatic hydroxyl groups is 1. The lowest BCUT2D eigenvalue weighted by Gasteiger charge is -2.07. The normalized spacial score (nSPS) is 19.2. The fourth-order valence-corrected chi connectivity index (χ4v) is 1.07. The second kappa shape index (κ2) is 2.68. The highest BCUT2D eigenvalue weighted by Gasteiger charge is 2.20. The number of nitrogens with zero attached hydrogens (tertiary/aromatic N) is 1. The van der Waals surface area contributed by atoms with Gasteiger partial charge in [0, 0.05) is 12.8 Å². The average Bonchev–Trinajstić information content (AvgIpc) is 1.88. The maximum atomic E-state index is 10.2. The molecule has 1 aliphatic rings. The minimum absolute atomic E-state index is 0.00579. The van der Waals surface area contributed by atoms with Crippen molar-refractivity contribution in [2.75, 3.05) is 0 Å². The van der Waals surface area contributed by atoms with E-state index in [1.165, 1.54) is 0 Å². The van der Waals surface area contributed by atoms with Crippen LogP contribution in [0.25, 0.3) is 0 Å². The topological polar surface area (TPSA) is 63.4 Å². The van der Waals surface area contributed by atoms with Gasteiger partial charge < -0.3 is 5.11 Å². The SMILES string of the molecule is O=[N+]([O-])C1=C(O)CCCC1. The summed E-state index contributed by atoms with van der Waals surface area (Å²) in [5.41, 5.74) is 0.00579. The Balaban J connectivity index is 2.78. The number of hydrogen-bond donors (Lipinski definition) is 1. The molecule has 0 bridgehead atoms. The van der Waals surface area contributed by atoms with Crippen molar-refractivity contribution in [3.8, 4) is 0 Å². The van der Waals surface area contributed by atoms with E-state index in [4.69, 9.17) is 5.11 Å². The van der Waals surface area contributed by atoms with Crippen LogP contribution in [0.3, 0.4) is 0 Å². The first-order chi connectivity index (χ1) is 4.72. The van der Waals surface area contributed by atoms with Crippen LogP contribution in [0.5, 0.6) is 0 Å². The molecule has 10 heavy (non-hydrogen) atoms. The van der Waals surface area contributed by atoms with Crippen molar-refractivity contribution in [3.05, 3.63) is 21.6 Å². The minimum Gasteiger partial charge on any atom is -0.506 e. The first-order valence-corrected chi connectivity index (χ1v) is 3.27. The van der Waals surface area contributed by atoms with Gasteiger partial charge in [0.1, 0.15) is 0 Å². The van der Waals surface area contributed by atoms with E-state index < -0.39 is 4.92 Å². The largest absolute Gasteiger partial charge is 0.506 e. The Hall–Kier alpha value is -1.06. The van der Waals surface area contributed by atoms with E-state index in [9.17, 15) is 10.1 Å². The van der Waals surface area contributed by atoms with Crippen molar-refractivity contribution >= 4 is 0 Å². The van der Waals surface area contributed by atoms with Crippen LogP contribution in [0.15, 0.2) is 11.5 Å². The fourth-order valence-electron chi connectivity index (χ4n) is 1.07. The van der Waals surface area contributed by atoms with E-state index in [0.717, 1.165) is 12.8 Å². The third-order valence-corrected chi connectivity index (χ3v) is 1.63. The average molecular weight is 143 g/mol. The number of rotatable bonds is 1. The number of allylic oxidation sites excluding steroid dienone is 2. The van der Waals surface area contributed by atoms with Gasteiger partial charge in [-0.05, 0) is 12.8 Å². The van der Waals surface area contributed by atoms with Crippen LogP contribution in [0.4, 0.5) is 0 Å². The van der Waals surface area contributed by atoms with Crippen LogP contribution in [-0.4, -0.2) is 10.0 Å². The smallest absolute Gasteiger partial charge is 0.283 e. The summed E-state index contributed by atoms with van der Waals surface area (Å²) in [6, 6.07) is 0. The van der Waals surface area contributed by atoms with Crippen molar-refractivity contribution in [1.29, 1.82) is 0 Å². The minimum atomic E-state index is -0.492. The molecule has 0 aromatic rings. The molecule has 0 spiro atoms. The molecule has 4 heteroatoms. The second-order valence-corrected chi connectivity index (χ2v) is 2.36. The molecule has 1 rings (SSSR count). The maximum Gasteiger partial charge on any atom is 0.283 e. The summed E-state index contributed by atoms with van der Waals surface area (Å²) in [6.45, 7) is 0. The molecule has 0 amide bonds. The molecule has 0 atom stereocenters. The van der Waals surface area contributed by atoms with Crippen molar-refractivity contribution in [2.24, 2.45) is 0 Å². The quantitative estimate of drug-likeness (QED) is 0.448. The summed E-state index contributed by atoms with van der Waals surface area (Å²) in [7, 11) is 0. The van der Waals surface area contributed by atoms with Gasteiger partial charge in [0.05, 0.1) is 4.92 Å². The standard InChI is InChI=1S/C6H9NO3/c8-6-4-2-1-3-5(6)7(9)10/h8H,1-4H2. The van der Waals surface area contributed by atoms with E-state index >= 15 is 0 Å². The lowest BCUT2D eigenvalue weighted by molar-refractivity contribution is -0.432. The van der Waals surface area contributed by atoms with Crippen LogP contribution in [-0.2, 0) is 0 Å². The van der Waals surface area contributed by atoms with E-state index in [2.05, 4.69) is 0 Å². The van der Waals surface area contributed by atoms with Crippen molar-refractivity contribution in [2.45, 2.75) is 25.7 Å². The zero-order valence-electron chi connectivity index (χ0n) is 5.54. The van der Waals surface area contributed by atoms with Gasteiger partial charge in [-0.3, -0.25) is 10.1 Å². The molecular weight excluding hydrogens is 134 g/mol. The Kier molecular flexibility index (Phi) is 1.89. The number of hydrogen-bond acceptors (Lipinski definition) is 3. The Morgan fingerprint density at radius 2 is 2.00 bits per heavy atom. The van der Waals surface area contributed by atoms with Gasteiger partial charge in [-0.15, -0.1) is 0 Å². The van der Waals surface area contributed by atoms with Crippen LogP contribution in [0.2, 0.25) is 0 Å². The highest BCUT2D eigenvalue weighted by atomic mass is 16.6. The highest BCUT2D eigenvalue weighted by Crippen LogP contribution is 2.22. The molecule has 56 valence electrons. The van der Waals surface area contributed by atoms with Gasteiger partial charge in [0.25, 0.3) is 5.70 Å². The monoisotopic (exact) mass is 143 g/mol. The summed E-state index contributed by atoms with van der Waals surface area (Å²) in [6.07, 6.45) is 2.57. The zero-order chi connectivity index (χ0) is 7.56. The third-order valence-electron chi connectivity index (χ3n) is 1.63. The lowest BCUT2D eigenvalue weighted by Crippen LogP contribution is -2.07. The predicted molar refractivity (Wildman–Crippen MR) is 35.1 cm³/mol. The molecule has 0 unspecified atom stereocenters. The molecule has 0 fully saturated rings. The number of nitro groups is 1.